The van der Waals surface area contributed by atoms with Gasteiger partial charge in [-0.2, -0.15) is 5.26 Å². The van der Waals surface area contributed by atoms with Crippen molar-refractivity contribution in [2.45, 2.75) is 6.42 Å². The normalized spacial score (nSPS) is 9.75. The van der Waals surface area contributed by atoms with Gasteiger partial charge in [0, 0.05) is 6.42 Å². The van der Waals surface area contributed by atoms with Gasteiger partial charge in [0.15, 0.2) is 0 Å². The Morgan fingerprint density at radius 1 is 1.00 bits per heavy atom. The second kappa shape index (κ2) is 4.59. The fourth-order valence-corrected chi connectivity index (χ4v) is 1.62. The van der Waals surface area contributed by atoms with Crippen LogP contribution in [0.1, 0.15) is 16.7 Å². The van der Waals surface area contributed by atoms with E-state index in [9.17, 15) is 4.39 Å². The highest BCUT2D eigenvalue weighted by molar-refractivity contribution is 5.37. The monoisotopic (exact) mass is 211 g/mol. The van der Waals surface area contributed by atoms with Crippen molar-refractivity contribution in [1.82, 2.24) is 0 Å². The minimum absolute atomic E-state index is 0.105. The van der Waals surface area contributed by atoms with E-state index in [4.69, 9.17) is 5.26 Å². The molecule has 16 heavy (non-hydrogen) atoms. The van der Waals surface area contributed by atoms with Crippen LogP contribution in [0.4, 0.5) is 4.39 Å². The molecule has 78 valence electrons. The first-order chi connectivity index (χ1) is 7.81. The number of benzene rings is 2. The molecule has 0 atom stereocenters. The third-order valence-corrected chi connectivity index (χ3v) is 2.44. The molecule has 2 heteroatoms. The summed E-state index contributed by atoms with van der Waals surface area (Å²) in [6.45, 7) is 0. The molecule has 0 N–H and O–H groups in total. The van der Waals surface area contributed by atoms with Crippen molar-refractivity contribution in [2.24, 2.45) is 0 Å². The zero-order valence-electron chi connectivity index (χ0n) is 8.65. The van der Waals surface area contributed by atoms with Crippen molar-refractivity contribution >= 4 is 0 Å². The summed E-state index contributed by atoms with van der Waals surface area (Å²) < 4.78 is 13.7. The third kappa shape index (κ3) is 2.09. The highest BCUT2D eigenvalue weighted by Crippen LogP contribution is 2.16. The first-order valence-electron chi connectivity index (χ1n) is 5.02. The Kier molecular flexibility index (Phi) is 2.98. The van der Waals surface area contributed by atoms with Crippen molar-refractivity contribution in [2.75, 3.05) is 0 Å². The fraction of sp³-hybridized carbons (Fsp3) is 0.0714. The summed E-state index contributed by atoms with van der Waals surface area (Å²) in [5, 5.41) is 8.72. The maximum absolute atomic E-state index is 13.7. The molecule has 0 aromatic heterocycles. The fourth-order valence-electron chi connectivity index (χ4n) is 1.62. The summed E-state index contributed by atoms with van der Waals surface area (Å²) in [6, 6.07) is 16.4. The molecule has 0 fully saturated rings. The van der Waals surface area contributed by atoms with Crippen molar-refractivity contribution < 1.29 is 4.39 Å². The average Bonchev–Trinajstić information content (AvgIpc) is 2.33. The van der Waals surface area contributed by atoms with E-state index in [2.05, 4.69) is 0 Å². The lowest BCUT2D eigenvalue weighted by Gasteiger charge is -2.04. The molecular weight excluding hydrogens is 201 g/mol. The summed E-state index contributed by atoms with van der Waals surface area (Å²) >= 11 is 0. The van der Waals surface area contributed by atoms with Gasteiger partial charge in [-0.15, -0.1) is 0 Å². The lowest BCUT2D eigenvalue weighted by Crippen LogP contribution is -1.95. The Morgan fingerprint density at radius 3 is 2.44 bits per heavy atom. The third-order valence-electron chi connectivity index (χ3n) is 2.44. The van der Waals surface area contributed by atoms with Crippen molar-refractivity contribution in [1.29, 1.82) is 5.26 Å². The number of nitrogens with zero attached hydrogens (tertiary/aromatic N) is 1. The lowest BCUT2D eigenvalue weighted by molar-refractivity contribution is 0.610. The van der Waals surface area contributed by atoms with E-state index in [1.54, 1.807) is 12.1 Å². The molecule has 0 aliphatic heterocycles. The number of hydrogen-bond donors (Lipinski definition) is 0. The highest BCUT2D eigenvalue weighted by atomic mass is 19.1. The van der Waals surface area contributed by atoms with E-state index in [-0.39, 0.29) is 5.56 Å². The van der Waals surface area contributed by atoms with Gasteiger partial charge in [0.05, 0.1) is 5.56 Å². The minimum Gasteiger partial charge on any atom is -0.205 e. The van der Waals surface area contributed by atoms with E-state index in [1.165, 1.54) is 6.07 Å². The Morgan fingerprint density at radius 2 is 1.75 bits per heavy atom. The first kappa shape index (κ1) is 10.4. The molecule has 0 unspecified atom stereocenters. The predicted molar refractivity (Wildman–Crippen MR) is 60.4 cm³/mol. The number of nitriles is 1. The Balaban J connectivity index is 2.33. The van der Waals surface area contributed by atoms with Gasteiger partial charge in [0.25, 0.3) is 0 Å². The topological polar surface area (TPSA) is 23.8 Å². The molecule has 0 saturated carbocycles. The molecular formula is C14H10FN. The van der Waals surface area contributed by atoms with Gasteiger partial charge in [0.1, 0.15) is 11.9 Å². The summed E-state index contributed by atoms with van der Waals surface area (Å²) in [5.74, 6) is -0.408. The Bertz CT molecular complexity index is 526. The zero-order valence-corrected chi connectivity index (χ0v) is 8.65. The van der Waals surface area contributed by atoms with Gasteiger partial charge >= 0.3 is 0 Å². The molecule has 0 spiro atoms. The van der Waals surface area contributed by atoms with Gasteiger partial charge in [-0.05, 0) is 17.2 Å². The molecule has 2 aromatic carbocycles. The van der Waals surface area contributed by atoms with E-state index >= 15 is 0 Å². The van der Waals surface area contributed by atoms with Crippen molar-refractivity contribution in [3.05, 3.63) is 71.0 Å². The molecule has 1 nitrogen and oxygen atoms in total. The van der Waals surface area contributed by atoms with Crippen LogP contribution in [0.3, 0.4) is 0 Å². The van der Waals surface area contributed by atoms with Crippen LogP contribution in [0.5, 0.6) is 0 Å². The van der Waals surface area contributed by atoms with Gasteiger partial charge < -0.3 is 0 Å². The summed E-state index contributed by atoms with van der Waals surface area (Å²) in [6.07, 6.45) is 0.516. The van der Waals surface area contributed by atoms with Crippen molar-refractivity contribution in [3.8, 4) is 6.07 Å². The van der Waals surface area contributed by atoms with Crippen LogP contribution in [-0.4, -0.2) is 0 Å². The van der Waals surface area contributed by atoms with Gasteiger partial charge in [0.2, 0.25) is 0 Å². The largest absolute Gasteiger partial charge is 0.205 e. The quantitative estimate of drug-likeness (QED) is 0.747. The summed E-state index contributed by atoms with van der Waals surface area (Å²) in [5.41, 5.74) is 1.70. The molecule has 0 aliphatic carbocycles. The highest BCUT2D eigenvalue weighted by Gasteiger charge is 2.07. The predicted octanol–water partition coefficient (Wildman–Crippen LogP) is 3.29. The number of rotatable bonds is 2. The number of halogens is 1. The SMILES string of the molecule is N#Cc1cccc(Cc2ccccc2)c1F. The second-order valence-electron chi connectivity index (χ2n) is 3.55. The van der Waals surface area contributed by atoms with Gasteiger partial charge in [-0.3, -0.25) is 0 Å². The maximum atomic E-state index is 13.7. The molecule has 0 amide bonds. The number of hydrogen-bond acceptors (Lipinski definition) is 1. The van der Waals surface area contributed by atoms with Crippen molar-refractivity contribution in [3.63, 3.8) is 0 Å². The zero-order chi connectivity index (χ0) is 11.4. The molecule has 0 aliphatic rings. The summed E-state index contributed by atoms with van der Waals surface area (Å²) in [7, 11) is 0. The average molecular weight is 211 g/mol. The Hall–Kier alpha value is -2.14. The molecule has 0 radical (unpaired) electrons. The summed E-state index contributed by atoms with van der Waals surface area (Å²) in [4.78, 5) is 0. The minimum atomic E-state index is -0.408. The standard InChI is InChI=1S/C14H10FN/c15-14-12(7-4-8-13(14)10-16)9-11-5-2-1-3-6-11/h1-8H,9H2. The smallest absolute Gasteiger partial charge is 0.144 e. The van der Waals surface area contributed by atoms with Crippen LogP contribution in [0.15, 0.2) is 48.5 Å². The molecule has 0 heterocycles. The van der Waals surface area contributed by atoms with Crippen LogP contribution < -0.4 is 0 Å². The van der Waals surface area contributed by atoms with E-state index in [1.807, 2.05) is 36.4 Å². The van der Waals surface area contributed by atoms with Crippen LogP contribution in [0, 0.1) is 17.1 Å². The molecule has 0 saturated heterocycles. The maximum Gasteiger partial charge on any atom is 0.144 e. The van der Waals surface area contributed by atoms with E-state index < -0.39 is 5.82 Å². The van der Waals surface area contributed by atoms with Crippen LogP contribution in [0.2, 0.25) is 0 Å². The van der Waals surface area contributed by atoms with E-state index in [0.29, 0.717) is 12.0 Å². The molecule has 2 rings (SSSR count). The van der Waals surface area contributed by atoms with Crippen LogP contribution in [-0.2, 0) is 6.42 Å². The van der Waals surface area contributed by atoms with E-state index in [0.717, 1.165) is 5.56 Å². The van der Waals surface area contributed by atoms with Gasteiger partial charge in [-0.1, -0.05) is 42.5 Å². The second-order valence-corrected chi connectivity index (χ2v) is 3.55. The lowest BCUT2D eigenvalue weighted by atomic mass is 10.0. The van der Waals surface area contributed by atoms with Crippen LogP contribution in [0.25, 0.3) is 0 Å². The molecule has 0 bridgehead atoms. The first-order valence-corrected chi connectivity index (χ1v) is 5.02. The van der Waals surface area contributed by atoms with Crippen LogP contribution >= 0.6 is 0 Å². The van der Waals surface area contributed by atoms with Gasteiger partial charge in [-0.25, -0.2) is 4.39 Å². The Labute approximate surface area is 93.8 Å². The molecule has 2 aromatic rings.